The summed E-state index contributed by atoms with van der Waals surface area (Å²) in [4.78, 5) is 15.0. The van der Waals surface area contributed by atoms with Crippen molar-refractivity contribution in [1.82, 2.24) is 10.3 Å². The number of ether oxygens (including phenoxy) is 4. The second-order valence-corrected chi connectivity index (χ2v) is 18.0. The monoisotopic (exact) mass is 907 g/mol. The van der Waals surface area contributed by atoms with Crippen LogP contribution in [0.15, 0.2) is 155 Å². The van der Waals surface area contributed by atoms with E-state index < -0.39 is 0 Å². The number of unbranched alkanes of at least 4 members (excludes halogenated alkanes) is 4. The molecule has 2 unspecified atom stereocenters. The summed E-state index contributed by atoms with van der Waals surface area (Å²) < 4.78 is 24.5. The molecule has 2 N–H and O–H groups in total. The van der Waals surface area contributed by atoms with E-state index >= 15 is 0 Å². The molecule has 350 valence electrons. The standard InChI is InChI=1S/C60H66N4O4/c1-5-9-37-65-45-21-13-41(14-22-45)57-49-29-31-51(61-49)58(42-15-23-46(24-16-42)66-38-10-6-2)53-33-35-55(63-53)60(44-19-27-48(28-20-44)68-40-12-8-4)56-36-34-54(64-56)59(52-32-30-50(57)62-52)43-17-25-47(26-18-43)67-39-11-7-3/h13-33,35,54,56,61,64H,5-12,34,36-40H2,1-4H3/b57-49-,58-51-,59-52-,60-55-. The van der Waals surface area contributed by atoms with Crippen molar-refractivity contribution in [1.29, 1.82) is 0 Å². The average Bonchev–Trinajstić information content (AvgIpc) is 4.23. The van der Waals surface area contributed by atoms with E-state index in [9.17, 15) is 0 Å². The predicted molar refractivity (Wildman–Crippen MR) is 279 cm³/mol. The van der Waals surface area contributed by atoms with Crippen molar-refractivity contribution in [2.24, 2.45) is 9.98 Å². The molecule has 5 aromatic rings. The maximum absolute atomic E-state index is 6.14. The zero-order valence-electron chi connectivity index (χ0n) is 40.3. The van der Waals surface area contributed by atoms with Gasteiger partial charge in [-0.2, -0.15) is 0 Å². The molecule has 1 aromatic heterocycles. The first-order valence-corrected chi connectivity index (χ1v) is 25.2. The van der Waals surface area contributed by atoms with Crippen LogP contribution < -0.4 is 35.0 Å². The van der Waals surface area contributed by atoms with E-state index in [1.807, 2.05) is 0 Å². The molecule has 4 aliphatic rings. The van der Waals surface area contributed by atoms with E-state index in [-0.39, 0.29) is 12.1 Å². The van der Waals surface area contributed by atoms with E-state index in [4.69, 9.17) is 28.9 Å². The zero-order chi connectivity index (χ0) is 46.7. The Balaban J connectivity index is 1.25. The summed E-state index contributed by atoms with van der Waals surface area (Å²) in [5, 5.41) is 6.08. The smallest absolute Gasteiger partial charge is 0.119 e. The maximum atomic E-state index is 6.14. The lowest BCUT2D eigenvalue weighted by molar-refractivity contribution is 0.309. The SMILES string of the molecule is CCCCOc1ccc(/C2=C3\C=CC(=N3)/C(c3ccc(OCCCC)cc3)=c3/cc/c([nH]3)=C(\c3ccc(OCCCC)cc3)C3=N/C(=C(/c4ccc(OCCCC)cc4)C4CCC2N4)C=C3)cc1. The second-order valence-electron chi connectivity index (χ2n) is 18.0. The molecule has 68 heavy (non-hydrogen) atoms. The quantitative estimate of drug-likeness (QED) is 0.0760. The minimum absolute atomic E-state index is 0.0175. The van der Waals surface area contributed by atoms with Crippen LogP contribution in [0, 0.1) is 0 Å². The van der Waals surface area contributed by atoms with Crippen LogP contribution in [-0.2, 0) is 0 Å². The third-order valence-corrected chi connectivity index (χ3v) is 13.1. The van der Waals surface area contributed by atoms with Crippen molar-refractivity contribution in [2.45, 2.75) is 104 Å². The third kappa shape index (κ3) is 10.7. The molecule has 0 amide bonds. The average molecular weight is 907 g/mol. The molecule has 0 radical (unpaired) electrons. The number of benzene rings is 4. The highest BCUT2D eigenvalue weighted by atomic mass is 16.5. The lowest BCUT2D eigenvalue weighted by Gasteiger charge is -2.22. The summed E-state index contributed by atoms with van der Waals surface area (Å²) >= 11 is 0. The van der Waals surface area contributed by atoms with Crippen molar-refractivity contribution in [2.75, 3.05) is 26.4 Å². The molecule has 8 bridgehead atoms. The van der Waals surface area contributed by atoms with Crippen molar-refractivity contribution < 1.29 is 18.9 Å². The molecule has 0 aliphatic carbocycles. The molecule has 5 heterocycles. The number of fused-ring (bicyclic) bond motifs is 6. The van der Waals surface area contributed by atoms with Gasteiger partial charge in [-0.15, -0.1) is 0 Å². The van der Waals surface area contributed by atoms with E-state index in [2.05, 4.69) is 171 Å². The van der Waals surface area contributed by atoms with Crippen LogP contribution in [0.25, 0.3) is 22.3 Å². The minimum atomic E-state index is 0.0175. The van der Waals surface area contributed by atoms with E-state index in [0.29, 0.717) is 26.4 Å². The van der Waals surface area contributed by atoms with Crippen molar-refractivity contribution >= 4 is 33.7 Å². The Labute approximate surface area is 402 Å². The van der Waals surface area contributed by atoms with Gasteiger partial charge in [-0.25, -0.2) is 9.98 Å². The molecular weight excluding hydrogens is 841 g/mol. The largest absolute Gasteiger partial charge is 0.494 e. The second kappa shape index (κ2) is 22.4. The molecular formula is C60H66N4O4. The number of aromatic amines is 1. The van der Waals surface area contributed by atoms with Gasteiger partial charge in [0.1, 0.15) is 23.0 Å². The van der Waals surface area contributed by atoms with Crippen LogP contribution >= 0.6 is 0 Å². The third-order valence-electron chi connectivity index (χ3n) is 13.1. The summed E-state index contributed by atoms with van der Waals surface area (Å²) in [5.41, 5.74) is 12.4. The molecule has 0 saturated carbocycles. The molecule has 4 aliphatic heterocycles. The molecule has 9 rings (SSSR count). The normalized spacial score (nSPS) is 21.2. The van der Waals surface area contributed by atoms with Gasteiger partial charge < -0.3 is 29.2 Å². The fourth-order valence-electron chi connectivity index (χ4n) is 9.36. The number of nitrogens with one attached hydrogen (secondary N) is 2. The highest BCUT2D eigenvalue weighted by molar-refractivity contribution is 6.31. The summed E-state index contributed by atoms with van der Waals surface area (Å²) in [7, 11) is 0. The summed E-state index contributed by atoms with van der Waals surface area (Å²) in [6, 6.07) is 38.5. The van der Waals surface area contributed by atoms with Gasteiger partial charge in [0.15, 0.2) is 0 Å². The van der Waals surface area contributed by atoms with Gasteiger partial charge in [0.05, 0.1) is 49.2 Å². The highest BCUT2D eigenvalue weighted by Gasteiger charge is 2.34. The first kappa shape index (κ1) is 46.5. The molecule has 1 saturated heterocycles. The number of H-pyrrole nitrogens is 1. The highest BCUT2D eigenvalue weighted by Crippen LogP contribution is 2.40. The zero-order valence-corrected chi connectivity index (χ0v) is 40.3. The van der Waals surface area contributed by atoms with E-state index in [1.54, 1.807) is 0 Å². The molecule has 8 heteroatoms. The van der Waals surface area contributed by atoms with Crippen molar-refractivity contribution in [3.05, 3.63) is 178 Å². The van der Waals surface area contributed by atoms with E-state index in [0.717, 1.165) is 154 Å². The first-order valence-electron chi connectivity index (χ1n) is 25.2. The fraction of sp³-hybridized carbons (Fsp3) is 0.333. The number of hydrogen-bond acceptors (Lipinski definition) is 7. The molecule has 1 fully saturated rings. The van der Waals surface area contributed by atoms with Gasteiger partial charge in [0.2, 0.25) is 0 Å². The van der Waals surface area contributed by atoms with E-state index in [1.165, 1.54) is 11.1 Å². The number of rotatable bonds is 20. The Hall–Kier alpha value is -6.64. The van der Waals surface area contributed by atoms with Crippen LogP contribution in [0.2, 0.25) is 0 Å². The Morgan fingerprint density at radius 3 is 1.06 bits per heavy atom. The lowest BCUT2D eigenvalue weighted by Crippen LogP contribution is -2.32. The Morgan fingerprint density at radius 1 is 0.412 bits per heavy atom. The van der Waals surface area contributed by atoms with Gasteiger partial charge in [-0.1, -0.05) is 102 Å². The molecule has 2 atom stereocenters. The first-order chi connectivity index (χ1) is 33.5. The Kier molecular flexibility index (Phi) is 15.3. The Morgan fingerprint density at radius 2 is 0.735 bits per heavy atom. The molecule has 8 nitrogen and oxygen atoms in total. The summed E-state index contributed by atoms with van der Waals surface area (Å²) in [5.74, 6) is 3.49. The van der Waals surface area contributed by atoms with Crippen LogP contribution in [0.1, 0.15) is 114 Å². The predicted octanol–water partition coefficient (Wildman–Crippen LogP) is 12.1. The number of hydrogen-bond donors (Lipinski definition) is 2. The van der Waals surface area contributed by atoms with Crippen LogP contribution in [-0.4, -0.2) is 54.9 Å². The minimum Gasteiger partial charge on any atom is -0.494 e. The number of aliphatic imine (C=N–C) groups is 2. The maximum Gasteiger partial charge on any atom is 0.119 e. The molecule has 4 aromatic carbocycles. The van der Waals surface area contributed by atoms with Gasteiger partial charge in [0, 0.05) is 45.1 Å². The van der Waals surface area contributed by atoms with Gasteiger partial charge in [0.25, 0.3) is 0 Å². The summed E-state index contributed by atoms with van der Waals surface area (Å²) in [6.45, 7) is 11.5. The van der Waals surface area contributed by atoms with Crippen LogP contribution in [0.3, 0.4) is 0 Å². The Bertz CT molecular complexity index is 2650. The van der Waals surface area contributed by atoms with Crippen LogP contribution in [0.4, 0.5) is 0 Å². The summed E-state index contributed by atoms with van der Waals surface area (Å²) in [6.07, 6.45) is 19.0. The van der Waals surface area contributed by atoms with Gasteiger partial charge in [-0.3, -0.25) is 0 Å². The lowest BCUT2D eigenvalue weighted by atomic mass is 9.94. The van der Waals surface area contributed by atoms with Gasteiger partial charge >= 0.3 is 0 Å². The van der Waals surface area contributed by atoms with Crippen molar-refractivity contribution in [3.63, 3.8) is 0 Å². The van der Waals surface area contributed by atoms with Gasteiger partial charge in [-0.05, 0) is 146 Å². The van der Waals surface area contributed by atoms with Crippen LogP contribution in [0.5, 0.6) is 23.0 Å². The number of allylic oxidation sites excluding steroid dienone is 4. The fourth-order valence-corrected chi connectivity index (χ4v) is 9.36. The topological polar surface area (TPSA) is 89.5 Å². The van der Waals surface area contributed by atoms with Crippen molar-refractivity contribution in [3.8, 4) is 23.0 Å². The number of aromatic nitrogens is 1. The molecule has 0 spiro atoms. The number of nitrogens with zero attached hydrogens (tertiary/aromatic N) is 2.